The summed E-state index contributed by atoms with van der Waals surface area (Å²) in [5.74, 6) is 0. The molecule has 0 saturated carbocycles. The predicted molar refractivity (Wildman–Crippen MR) is 248 cm³/mol. The van der Waals surface area contributed by atoms with Gasteiger partial charge >= 0.3 is 341 Å². The van der Waals surface area contributed by atoms with Crippen LogP contribution in [-0.2, 0) is 32.5 Å². The zero-order valence-corrected chi connectivity index (χ0v) is 39.5. The number of fused-ring (bicyclic) bond motifs is 2. The van der Waals surface area contributed by atoms with Crippen LogP contribution in [0.5, 0.6) is 0 Å². The third kappa shape index (κ3) is 8.01. The number of benzene rings is 5. The average Bonchev–Trinajstić information content (AvgIpc) is 3.00. The normalized spacial score (nSPS) is 14.7. The van der Waals surface area contributed by atoms with Crippen molar-refractivity contribution in [2.24, 2.45) is 0 Å². The summed E-state index contributed by atoms with van der Waals surface area (Å²) in [6.07, 6.45) is 0. The minimum absolute atomic E-state index is 0.0389. The Bertz CT molecular complexity index is 2360. The molecule has 4 heteroatoms. The Morgan fingerprint density at radius 1 is 0.393 bits per heavy atom. The molecule has 0 radical (unpaired) electrons. The molecule has 0 saturated heterocycles. The van der Waals surface area contributed by atoms with E-state index in [-0.39, 0.29) is 37.7 Å². The standard InChI is InChI=1S/C52H73O3P/c1-31-21-22-44(46(32(31)2)39-29-37-33(25-40(39)49(9,10)11)23-35(47(3,4)5)27-41(37)50(12,13)14)56(53,54,55)45-30-38-34(26-43(45)52(18,19)20)24-36(48(6,7)8)28-42(38)51(15,16)17/h21-30,53-55H,1-20H3. The molecule has 5 rings (SSSR count). The van der Waals surface area contributed by atoms with Crippen molar-refractivity contribution >= 4 is 39.4 Å². The SMILES string of the molecule is Cc1ccc(P(O)(O)(O)c2cc3c(C(C)(C)C)cc(C(C)(C)C)cc3cc2C(C)(C)C)c(-c2cc3c(C(C)(C)C)cc(C(C)(C)C)cc3cc2C(C)(C)C)c1C. The summed E-state index contributed by atoms with van der Waals surface area (Å²) >= 11 is 0. The topological polar surface area (TPSA) is 60.7 Å². The van der Waals surface area contributed by atoms with E-state index < -0.39 is 12.7 Å². The van der Waals surface area contributed by atoms with Crippen LogP contribution in [0, 0.1) is 13.8 Å². The summed E-state index contributed by atoms with van der Waals surface area (Å²) in [7, 11) is -5.90. The van der Waals surface area contributed by atoms with E-state index in [1.54, 1.807) is 6.07 Å². The first-order valence-electron chi connectivity index (χ1n) is 20.6. The summed E-state index contributed by atoms with van der Waals surface area (Å²) in [5.41, 5.74) is 8.91. The van der Waals surface area contributed by atoms with Crippen LogP contribution in [0.2, 0.25) is 0 Å². The predicted octanol–water partition coefficient (Wildman–Crippen LogP) is 13.3. The molecule has 5 aromatic carbocycles. The van der Waals surface area contributed by atoms with Gasteiger partial charge in [0.05, 0.1) is 0 Å². The van der Waals surface area contributed by atoms with E-state index in [4.69, 9.17) is 0 Å². The van der Waals surface area contributed by atoms with Crippen molar-refractivity contribution < 1.29 is 14.7 Å². The maximum atomic E-state index is 13.2. The van der Waals surface area contributed by atoms with Crippen LogP contribution in [0.1, 0.15) is 169 Å². The third-order valence-electron chi connectivity index (χ3n) is 12.0. The molecule has 3 nitrogen and oxygen atoms in total. The van der Waals surface area contributed by atoms with E-state index in [9.17, 15) is 14.7 Å². The second-order valence-electron chi connectivity index (χ2n) is 23.1. The van der Waals surface area contributed by atoms with E-state index >= 15 is 0 Å². The molecule has 0 aliphatic carbocycles. The molecule has 0 amide bonds. The molecule has 0 aromatic heterocycles. The molecular formula is C52H73O3P. The van der Waals surface area contributed by atoms with E-state index in [0.29, 0.717) is 5.56 Å². The van der Waals surface area contributed by atoms with Crippen LogP contribution >= 0.6 is 7.28 Å². The van der Waals surface area contributed by atoms with Crippen molar-refractivity contribution in [2.45, 2.75) is 171 Å². The molecule has 0 aliphatic heterocycles. The minimum atomic E-state index is -5.90. The van der Waals surface area contributed by atoms with E-state index in [1.807, 2.05) is 12.1 Å². The number of aryl methyl sites for hydroxylation is 1. The number of rotatable bonds is 3. The first kappa shape index (κ1) is 44.0. The molecule has 0 spiro atoms. The van der Waals surface area contributed by atoms with Gasteiger partial charge in [-0.2, -0.15) is 0 Å². The van der Waals surface area contributed by atoms with Crippen LogP contribution in [0.3, 0.4) is 0 Å². The third-order valence-corrected chi connectivity index (χ3v) is 14.5. The second-order valence-corrected chi connectivity index (χ2v) is 26.1. The van der Waals surface area contributed by atoms with Crippen molar-refractivity contribution in [3.63, 3.8) is 0 Å². The molecule has 0 aliphatic rings. The Morgan fingerprint density at radius 2 is 0.786 bits per heavy atom. The Labute approximate surface area is 340 Å². The molecule has 3 N–H and O–H groups in total. The van der Waals surface area contributed by atoms with Crippen LogP contribution in [-0.4, -0.2) is 14.7 Å². The van der Waals surface area contributed by atoms with E-state index in [1.165, 1.54) is 22.1 Å². The second kappa shape index (κ2) is 13.2. The molecule has 5 aromatic rings. The maximum absolute atomic E-state index is 13.2. The Kier molecular flexibility index (Phi) is 10.4. The van der Waals surface area contributed by atoms with E-state index in [2.05, 4.69) is 181 Å². The van der Waals surface area contributed by atoms with E-state index in [0.717, 1.165) is 49.5 Å². The van der Waals surface area contributed by atoms with Gasteiger partial charge in [0.15, 0.2) is 0 Å². The van der Waals surface area contributed by atoms with Gasteiger partial charge in [0.25, 0.3) is 0 Å². The van der Waals surface area contributed by atoms with Gasteiger partial charge < -0.3 is 0 Å². The summed E-state index contributed by atoms with van der Waals surface area (Å²) < 4.78 is 0. The van der Waals surface area contributed by atoms with Crippen LogP contribution in [0.25, 0.3) is 32.7 Å². The Balaban J connectivity index is 2.01. The fourth-order valence-electron chi connectivity index (χ4n) is 8.30. The Morgan fingerprint density at radius 3 is 1.18 bits per heavy atom. The van der Waals surface area contributed by atoms with Gasteiger partial charge in [-0.05, 0) is 0 Å². The zero-order chi connectivity index (χ0) is 42.8. The number of hydrogen-bond donors (Lipinski definition) is 3. The first-order chi connectivity index (χ1) is 24.9. The summed E-state index contributed by atoms with van der Waals surface area (Å²) in [6.45, 7) is 43.9. The van der Waals surface area contributed by atoms with Crippen molar-refractivity contribution in [1.29, 1.82) is 0 Å². The molecule has 0 fully saturated rings. The van der Waals surface area contributed by atoms with Gasteiger partial charge in [0.2, 0.25) is 0 Å². The van der Waals surface area contributed by atoms with Gasteiger partial charge in [-0.3, -0.25) is 0 Å². The van der Waals surface area contributed by atoms with Crippen molar-refractivity contribution in [1.82, 2.24) is 0 Å². The summed E-state index contributed by atoms with van der Waals surface area (Å²) in [5, 5.41) is 4.66. The molecule has 56 heavy (non-hydrogen) atoms. The molecular weight excluding hydrogens is 704 g/mol. The Hall–Kier alpha value is -3.07. The van der Waals surface area contributed by atoms with Crippen molar-refractivity contribution in [3.8, 4) is 11.1 Å². The number of hydrogen-bond acceptors (Lipinski definition) is 3. The van der Waals surface area contributed by atoms with Crippen LogP contribution in [0.15, 0.2) is 60.7 Å². The van der Waals surface area contributed by atoms with Gasteiger partial charge in [-0.15, -0.1) is 0 Å². The molecule has 304 valence electrons. The molecule has 0 bridgehead atoms. The van der Waals surface area contributed by atoms with Gasteiger partial charge in [0.1, 0.15) is 0 Å². The molecule has 0 unspecified atom stereocenters. The molecule has 0 heterocycles. The van der Waals surface area contributed by atoms with Gasteiger partial charge in [-0.1, -0.05) is 0 Å². The first-order valence-corrected chi connectivity index (χ1v) is 22.7. The monoisotopic (exact) mass is 777 g/mol. The van der Waals surface area contributed by atoms with Gasteiger partial charge in [0, 0.05) is 0 Å². The quantitative estimate of drug-likeness (QED) is 0.160. The van der Waals surface area contributed by atoms with Crippen LogP contribution < -0.4 is 10.6 Å². The average molecular weight is 777 g/mol. The zero-order valence-electron chi connectivity index (χ0n) is 38.6. The van der Waals surface area contributed by atoms with Crippen molar-refractivity contribution in [3.05, 3.63) is 105 Å². The van der Waals surface area contributed by atoms with Gasteiger partial charge in [-0.25, -0.2) is 0 Å². The molecule has 0 atom stereocenters. The fourth-order valence-corrected chi connectivity index (χ4v) is 10.8. The van der Waals surface area contributed by atoms with Crippen LogP contribution in [0.4, 0.5) is 0 Å². The summed E-state index contributed by atoms with van der Waals surface area (Å²) in [6, 6.07) is 21.5. The summed E-state index contributed by atoms with van der Waals surface area (Å²) in [4.78, 5) is 39.7. The fraction of sp³-hybridized carbons (Fsp3) is 0.500. The van der Waals surface area contributed by atoms with Crippen molar-refractivity contribution in [2.75, 3.05) is 0 Å².